The van der Waals surface area contributed by atoms with E-state index in [-0.39, 0.29) is 47.7 Å². The molecule has 4 aromatic carbocycles. The zero-order valence-electron chi connectivity index (χ0n) is 37.7. The van der Waals surface area contributed by atoms with Gasteiger partial charge in [-0.25, -0.2) is 0 Å². The van der Waals surface area contributed by atoms with E-state index < -0.39 is 18.1 Å². The monoisotopic (exact) mass is 863 g/mol. The summed E-state index contributed by atoms with van der Waals surface area (Å²) in [5.74, 6) is -0.514. The van der Waals surface area contributed by atoms with Gasteiger partial charge in [0.1, 0.15) is 12.1 Å². The quantitative estimate of drug-likeness (QED) is 0.114. The summed E-state index contributed by atoms with van der Waals surface area (Å²) < 4.78 is 0. The number of primary amides is 1. The van der Waals surface area contributed by atoms with Gasteiger partial charge < -0.3 is 26.6 Å². The summed E-state index contributed by atoms with van der Waals surface area (Å²) in [7, 11) is 1.75. The van der Waals surface area contributed by atoms with Crippen LogP contribution in [0.5, 0.6) is 0 Å². The minimum Gasteiger partial charge on any atom is -0.368 e. The lowest BCUT2D eigenvalue weighted by Crippen LogP contribution is -2.58. The van der Waals surface area contributed by atoms with Crippen LogP contribution >= 0.6 is 0 Å². The maximum Gasteiger partial charge on any atom is 0.246 e. The zero-order chi connectivity index (χ0) is 44.3. The third-order valence-corrected chi connectivity index (χ3v) is 15.4. The molecular weight excluding hydrogens is 797 g/mol. The Balaban J connectivity index is 0.884. The largest absolute Gasteiger partial charge is 0.368 e. The van der Waals surface area contributed by atoms with Crippen molar-refractivity contribution in [3.63, 3.8) is 0 Å². The molecule has 0 spiro atoms. The number of likely N-dealkylation sites (N-methyl/N-ethyl adjacent to an activating group) is 1. The fraction of sp³-hybridized carbons (Fsp3) is 0.481. The molecule has 2 heterocycles. The number of likely N-dealkylation sites (tertiary alicyclic amines) is 2. The van der Waals surface area contributed by atoms with Crippen LogP contribution in [0.25, 0.3) is 33.4 Å². The second-order valence-electron chi connectivity index (χ2n) is 19.1. The number of nitrogens with two attached hydrogens (primary N) is 1. The molecule has 3 aliphatic carbocycles. The topological polar surface area (TPSA) is 137 Å². The molecule has 3 fully saturated rings. The molecule has 10 heteroatoms. The normalized spacial score (nSPS) is 23.4. The molecule has 10 nitrogen and oxygen atoms in total. The Kier molecular flexibility index (Phi) is 13.3. The summed E-state index contributed by atoms with van der Waals surface area (Å²) in [5.41, 5.74) is 18.2. The predicted molar refractivity (Wildman–Crippen MR) is 253 cm³/mol. The van der Waals surface area contributed by atoms with Crippen molar-refractivity contribution in [1.82, 2.24) is 25.8 Å². The minimum atomic E-state index is -0.616. The van der Waals surface area contributed by atoms with E-state index in [0.29, 0.717) is 13.0 Å². The number of carbonyl (C=O) groups excluding carboxylic acids is 4. The standard InChI is InChI=1S/C54H66N6O4/c1-34(56-2)52(62)58-50(39-12-4-3-5-13-39)54(64)60-33-11-23-49(60)53(63)57-46-20-8-16-42-40(14-6-18-44(42)46)37-28-24-35(25-29-37)36-26-30-38(31-27-36)41-15-7-19-45-43(41)17-9-21-47(45)59-32-10-22-48(59)51(55)61/h6-7,14-15,18-19,24-31,34,39,46-50,56H,3-5,8-13,16-17,20-23,32-33H2,1-2H3,(H2,55,61)(H,57,63)(H,58,62)/t34-,46+,47+,48?,49-,50-/m0/s1. The summed E-state index contributed by atoms with van der Waals surface area (Å²) in [4.78, 5) is 58.0. The maximum atomic E-state index is 14.3. The van der Waals surface area contributed by atoms with Crippen molar-refractivity contribution in [2.24, 2.45) is 11.7 Å². The third kappa shape index (κ3) is 8.88. The van der Waals surface area contributed by atoms with Crippen molar-refractivity contribution in [3.05, 3.63) is 107 Å². The van der Waals surface area contributed by atoms with Gasteiger partial charge in [-0.05, 0) is 159 Å². The fourth-order valence-corrected chi connectivity index (χ4v) is 11.9. The summed E-state index contributed by atoms with van der Waals surface area (Å²) in [6.07, 6.45) is 14.3. The number of hydrogen-bond donors (Lipinski definition) is 4. The number of benzene rings is 4. The molecule has 5 aliphatic rings. The summed E-state index contributed by atoms with van der Waals surface area (Å²) in [5, 5.41) is 9.50. The SMILES string of the molecule is CN[C@@H](C)C(=O)N[C@H](C(=O)N1CCC[C@H]1C(=O)N[C@@H]1CCCc2c(-c3ccc(-c4ccc(-c5cccc6c5CCC[C@H]6N5CCCC5C(N)=O)cc4)cc3)cccc21)C1CCCCC1. The van der Waals surface area contributed by atoms with Gasteiger partial charge in [-0.3, -0.25) is 24.1 Å². The molecule has 9 rings (SSSR count). The van der Waals surface area contributed by atoms with E-state index in [1.54, 1.807) is 18.9 Å². The van der Waals surface area contributed by atoms with E-state index in [1.807, 2.05) is 0 Å². The van der Waals surface area contributed by atoms with Gasteiger partial charge in [0.05, 0.1) is 18.1 Å². The Morgan fingerprint density at radius 1 is 0.625 bits per heavy atom. The average molecular weight is 863 g/mol. The third-order valence-electron chi connectivity index (χ3n) is 15.4. The summed E-state index contributed by atoms with van der Waals surface area (Å²) >= 11 is 0. The van der Waals surface area contributed by atoms with Crippen LogP contribution in [0.4, 0.5) is 0 Å². The average Bonchev–Trinajstić information content (AvgIpc) is 4.05. The molecule has 336 valence electrons. The van der Waals surface area contributed by atoms with Gasteiger partial charge in [-0.1, -0.05) is 104 Å². The molecule has 0 aromatic heterocycles. The number of carbonyl (C=O) groups is 4. The van der Waals surface area contributed by atoms with Crippen LogP contribution in [0.3, 0.4) is 0 Å². The van der Waals surface area contributed by atoms with Gasteiger partial charge in [-0.15, -0.1) is 0 Å². The molecule has 5 N–H and O–H groups in total. The van der Waals surface area contributed by atoms with Crippen molar-refractivity contribution >= 4 is 23.6 Å². The fourth-order valence-electron chi connectivity index (χ4n) is 11.9. The van der Waals surface area contributed by atoms with Gasteiger partial charge in [0.25, 0.3) is 0 Å². The summed E-state index contributed by atoms with van der Waals surface area (Å²) in [6.45, 7) is 3.25. The molecule has 4 aromatic rings. The molecule has 2 saturated heterocycles. The van der Waals surface area contributed by atoms with Crippen LogP contribution in [0.15, 0.2) is 84.9 Å². The molecule has 0 radical (unpaired) electrons. The Morgan fingerprint density at radius 3 is 1.84 bits per heavy atom. The molecule has 1 saturated carbocycles. The van der Waals surface area contributed by atoms with E-state index in [4.69, 9.17) is 5.73 Å². The van der Waals surface area contributed by atoms with Crippen LogP contribution < -0.4 is 21.7 Å². The van der Waals surface area contributed by atoms with E-state index in [2.05, 4.69) is 106 Å². The highest BCUT2D eigenvalue weighted by atomic mass is 16.2. The van der Waals surface area contributed by atoms with Crippen LogP contribution in [0.1, 0.15) is 125 Å². The van der Waals surface area contributed by atoms with Crippen LogP contribution in [0, 0.1) is 5.92 Å². The van der Waals surface area contributed by atoms with Crippen LogP contribution in [-0.4, -0.2) is 77.7 Å². The predicted octanol–water partition coefficient (Wildman–Crippen LogP) is 8.17. The summed E-state index contributed by atoms with van der Waals surface area (Å²) in [6, 6.07) is 29.3. The Labute approximate surface area is 379 Å². The van der Waals surface area contributed by atoms with Gasteiger partial charge in [0, 0.05) is 12.6 Å². The van der Waals surface area contributed by atoms with Crippen LogP contribution in [-0.2, 0) is 32.0 Å². The number of amides is 4. The second-order valence-corrected chi connectivity index (χ2v) is 19.1. The van der Waals surface area contributed by atoms with Crippen molar-refractivity contribution in [3.8, 4) is 33.4 Å². The van der Waals surface area contributed by atoms with Crippen molar-refractivity contribution < 1.29 is 19.2 Å². The molecule has 4 amide bonds. The van der Waals surface area contributed by atoms with E-state index >= 15 is 0 Å². The molecule has 1 unspecified atom stereocenters. The highest BCUT2D eigenvalue weighted by molar-refractivity contribution is 5.94. The highest BCUT2D eigenvalue weighted by Gasteiger charge is 2.42. The molecule has 2 aliphatic heterocycles. The first-order chi connectivity index (χ1) is 31.2. The zero-order valence-corrected chi connectivity index (χ0v) is 37.7. The van der Waals surface area contributed by atoms with Gasteiger partial charge in [-0.2, -0.15) is 0 Å². The molecule has 6 atom stereocenters. The molecular formula is C54H66N6O4. The Hall–Kier alpha value is -5.32. The number of nitrogens with one attached hydrogen (secondary N) is 3. The Bertz CT molecular complexity index is 2340. The first kappa shape index (κ1) is 43.9. The lowest BCUT2D eigenvalue weighted by atomic mass is 9.82. The first-order valence-electron chi connectivity index (χ1n) is 24.3. The smallest absolute Gasteiger partial charge is 0.246 e. The second kappa shape index (κ2) is 19.4. The van der Waals surface area contributed by atoms with Crippen LogP contribution in [0.2, 0.25) is 0 Å². The lowest BCUT2D eigenvalue weighted by Gasteiger charge is -2.36. The lowest BCUT2D eigenvalue weighted by molar-refractivity contribution is -0.143. The maximum absolute atomic E-state index is 14.3. The minimum absolute atomic E-state index is 0.0806. The molecule has 0 bridgehead atoms. The van der Waals surface area contributed by atoms with Crippen molar-refractivity contribution in [1.29, 1.82) is 0 Å². The Morgan fingerprint density at radius 2 is 1.20 bits per heavy atom. The number of fused-ring (bicyclic) bond motifs is 2. The van der Waals surface area contributed by atoms with E-state index in [1.165, 1.54) is 33.4 Å². The number of rotatable bonds is 12. The van der Waals surface area contributed by atoms with Crippen molar-refractivity contribution in [2.75, 3.05) is 20.1 Å². The first-order valence-corrected chi connectivity index (χ1v) is 24.3. The number of hydrogen-bond acceptors (Lipinski definition) is 6. The van der Waals surface area contributed by atoms with Crippen molar-refractivity contribution in [2.45, 2.75) is 139 Å². The highest BCUT2D eigenvalue weighted by Crippen LogP contribution is 2.43. The van der Waals surface area contributed by atoms with E-state index in [9.17, 15) is 19.2 Å². The van der Waals surface area contributed by atoms with Gasteiger partial charge >= 0.3 is 0 Å². The number of nitrogens with zero attached hydrogens (tertiary/aromatic N) is 2. The van der Waals surface area contributed by atoms with E-state index in [0.717, 1.165) is 119 Å². The van der Waals surface area contributed by atoms with Gasteiger partial charge in [0.15, 0.2) is 0 Å². The molecule has 64 heavy (non-hydrogen) atoms. The van der Waals surface area contributed by atoms with Gasteiger partial charge in [0.2, 0.25) is 23.6 Å².